The van der Waals surface area contributed by atoms with Gasteiger partial charge in [-0.15, -0.1) is 0 Å². The van der Waals surface area contributed by atoms with Gasteiger partial charge in [0.25, 0.3) is 0 Å². The number of esters is 2. The van der Waals surface area contributed by atoms with E-state index in [4.69, 9.17) is 0 Å². The van der Waals surface area contributed by atoms with Crippen molar-refractivity contribution >= 4 is 11.9 Å². The standard InChI is InChI=1S/C6H8O4/c1-2-9-6(8)4-3-5(7)10-4/h4H,2-3H2,1H3. The summed E-state index contributed by atoms with van der Waals surface area (Å²) >= 11 is 0. The molecule has 1 aliphatic heterocycles. The van der Waals surface area contributed by atoms with Gasteiger partial charge in [0.15, 0.2) is 0 Å². The monoisotopic (exact) mass is 144 g/mol. The largest absolute Gasteiger partial charge is 0.463 e. The highest BCUT2D eigenvalue weighted by atomic mass is 16.6. The fourth-order valence-electron chi connectivity index (χ4n) is 0.667. The predicted octanol–water partition coefficient (Wildman–Crippen LogP) is -0.135. The van der Waals surface area contributed by atoms with Crippen LogP contribution in [-0.4, -0.2) is 24.6 Å². The molecule has 4 heteroatoms. The number of hydrogen-bond acceptors (Lipinski definition) is 4. The third kappa shape index (κ3) is 1.26. The van der Waals surface area contributed by atoms with Crippen LogP contribution in [0, 0.1) is 0 Å². The summed E-state index contributed by atoms with van der Waals surface area (Å²) in [4.78, 5) is 20.9. The summed E-state index contributed by atoms with van der Waals surface area (Å²) in [5.41, 5.74) is 0. The summed E-state index contributed by atoms with van der Waals surface area (Å²) in [5.74, 6) is -0.778. The zero-order valence-corrected chi connectivity index (χ0v) is 5.62. The van der Waals surface area contributed by atoms with Gasteiger partial charge in [0.1, 0.15) is 0 Å². The van der Waals surface area contributed by atoms with Crippen LogP contribution in [0.5, 0.6) is 0 Å². The van der Waals surface area contributed by atoms with Crippen molar-refractivity contribution in [2.75, 3.05) is 6.61 Å². The Morgan fingerprint density at radius 2 is 2.50 bits per heavy atom. The van der Waals surface area contributed by atoms with Crippen LogP contribution < -0.4 is 0 Å². The van der Waals surface area contributed by atoms with Crippen LogP contribution in [0.4, 0.5) is 0 Å². The average molecular weight is 144 g/mol. The Morgan fingerprint density at radius 3 is 2.90 bits per heavy atom. The molecule has 0 saturated carbocycles. The lowest BCUT2D eigenvalue weighted by molar-refractivity contribution is -0.185. The van der Waals surface area contributed by atoms with Gasteiger partial charge in [0.05, 0.1) is 13.0 Å². The summed E-state index contributed by atoms with van der Waals surface area (Å²) in [6.45, 7) is 2.03. The Bertz CT molecular complexity index is 155. The molecule has 1 fully saturated rings. The average Bonchev–Trinajstić information content (AvgIpc) is 1.82. The van der Waals surface area contributed by atoms with Crippen molar-refractivity contribution in [1.29, 1.82) is 0 Å². The normalized spacial score (nSPS) is 22.9. The molecule has 0 aromatic rings. The molecule has 0 aromatic carbocycles. The van der Waals surface area contributed by atoms with E-state index in [-0.39, 0.29) is 12.4 Å². The molecule has 1 aliphatic rings. The first kappa shape index (κ1) is 7.05. The Labute approximate surface area is 58.1 Å². The first-order valence-corrected chi connectivity index (χ1v) is 3.10. The lowest BCUT2D eigenvalue weighted by Gasteiger charge is -2.22. The van der Waals surface area contributed by atoms with Gasteiger partial charge in [-0.3, -0.25) is 4.79 Å². The van der Waals surface area contributed by atoms with E-state index in [1.165, 1.54) is 0 Å². The van der Waals surface area contributed by atoms with Gasteiger partial charge in [-0.1, -0.05) is 0 Å². The maximum Gasteiger partial charge on any atom is 0.348 e. The third-order valence-electron chi connectivity index (χ3n) is 1.18. The van der Waals surface area contributed by atoms with Gasteiger partial charge in [0.2, 0.25) is 6.10 Å². The molecule has 0 aromatic heterocycles. The number of ether oxygens (including phenoxy) is 2. The van der Waals surface area contributed by atoms with Gasteiger partial charge in [-0.25, -0.2) is 4.79 Å². The van der Waals surface area contributed by atoms with Gasteiger partial charge < -0.3 is 9.47 Å². The minimum atomic E-state index is -0.632. The minimum Gasteiger partial charge on any atom is -0.463 e. The number of cyclic esters (lactones) is 1. The van der Waals surface area contributed by atoms with Crippen LogP contribution in [0.15, 0.2) is 0 Å². The molecule has 1 atom stereocenters. The van der Waals surface area contributed by atoms with E-state index in [0.29, 0.717) is 6.61 Å². The molecule has 0 bridgehead atoms. The highest BCUT2D eigenvalue weighted by molar-refractivity contribution is 5.89. The number of rotatable bonds is 2. The van der Waals surface area contributed by atoms with Crippen molar-refractivity contribution in [3.63, 3.8) is 0 Å². The quantitative estimate of drug-likeness (QED) is 0.506. The number of hydrogen-bond donors (Lipinski definition) is 0. The molecule has 0 spiro atoms. The highest BCUT2D eigenvalue weighted by Gasteiger charge is 2.35. The molecule has 0 aliphatic carbocycles. The summed E-state index contributed by atoms with van der Waals surface area (Å²) in [7, 11) is 0. The smallest absolute Gasteiger partial charge is 0.348 e. The predicted molar refractivity (Wildman–Crippen MR) is 31.1 cm³/mol. The lowest BCUT2D eigenvalue weighted by Crippen LogP contribution is -2.40. The first-order valence-electron chi connectivity index (χ1n) is 3.10. The third-order valence-corrected chi connectivity index (χ3v) is 1.18. The molecule has 10 heavy (non-hydrogen) atoms. The lowest BCUT2D eigenvalue weighted by atomic mass is 10.2. The van der Waals surface area contributed by atoms with Gasteiger partial charge in [-0.2, -0.15) is 0 Å². The minimum absolute atomic E-state index is 0.166. The van der Waals surface area contributed by atoms with Gasteiger partial charge in [0, 0.05) is 0 Å². The Hall–Kier alpha value is -1.06. The van der Waals surface area contributed by atoms with Crippen molar-refractivity contribution in [3.05, 3.63) is 0 Å². The molecule has 1 unspecified atom stereocenters. The Balaban J connectivity index is 2.24. The van der Waals surface area contributed by atoms with Crippen LogP contribution in [0.3, 0.4) is 0 Å². The van der Waals surface area contributed by atoms with Crippen molar-refractivity contribution < 1.29 is 19.1 Å². The van der Waals surface area contributed by atoms with Crippen molar-refractivity contribution in [1.82, 2.24) is 0 Å². The maximum atomic E-state index is 10.7. The SMILES string of the molecule is CCOC(=O)C1CC(=O)O1. The fraction of sp³-hybridized carbons (Fsp3) is 0.667. The Morgan fingerprint density at radius 1 is 1.90 bits per heavy atom. The van der Waals surface area contributed by atoms with Gasteiger partial charge >= 0.3 is 11.9 Å². The molecule has 1 rings (SSSR count). The first-order chi connectivity index (χ1) is 4.74. The van der Waals surface area contributed by atoms with E-state index in [9.17, 15) is 9.59 Å². The molecule has 1 saturated heterocycles. The second-order valence-electron chi connectivity index (χ2n) is 1.93. The van der Waals surface area contributed by atoms with Crippen LogP contribution in [0.25, 0.3) is 0 Å². The topological polar surface area (TPSA) is 52.6 Å². The summed E-state index contributed by atoms with van der Waals surface area (Å²) in [5, 5.41) is 0. The van der Waals surface area contributed by atoms with Crippen LogP contribution in [-0.2, 0) is 19.1 Å². The molecule has 56 valence electrons. The second kappa shape index (κ2) is 2.68. The van der Waals surface area contributed by atoms with E-state index >= 15 is 0 Å². The molecule has 0 N–H and O–H groups in total. The second-order valence-corrected chi connectivity index (χ2v) is 1.93. The van der Waals surface area contributed by atoms with E-state index in [1.54, 1.807) is 6.92 Å². The molecule has 4 nitrogen and oxygen atoms in total. The van der Waals surface area contributed by atoms with E-state index in [1.807, 2.05) is 0 Å². The van der Waals surface area contributed by atoms with Crippen LogP contribution in [0.1, 0.15) is 13.3 Å². The van der Waals surface area contributed by atoms with E-state index in [2.05, 4.69) is 9.47 Å². The molecular formula is C6H8O4. The summed E-state index contributed by atoms with van der Waals surface area (Å²) in [6.07, 6.45) is -0.466. The van der Waals surface area contributed by atoms with E-state index < -0.39 is 12.1 Å². The van der Waals surface area contributed by atoms with Crippen molar-refractivity contribution in [2.45, 2.75) is 19.4 Å². The summed E-state index contributed by atoms with van der Waals surface area (Å²) in [6, 6.07) is 0. The zero-order chi connectivity index (χ0) is 7.56. The highest BCUT2D eigenvalue weighted by Crippen LogP contribution is 2.13. The van der Waals surface area contributed by atoms with Crippen molar-refractivity contribution in [2.24, 2.45) is 0 Å². The Kier molecular flexibility index (Phi) is 1.89. The summed E-state index contributed by atoms with van der Waals surface area (Å²) < 4.78 is 9.02. The zero-order valence-electron chi connectivity index (χ0n) is 5.62. The molecule has 0 amide bonds. The number of carbonyl (C=O) groups excluding carboxylic acids is 2. The maximum absolute atomic E-state index is 10.7. The molecule has 0 radical (unpaired) electrons. The van der Waals surface area contributed by atoms with E-state index in [0.717, 1.165) is 0 Å². The number of carbonyl (C=O) groups is 2. The van der Waals surface area contributed by atoms with Crippen molar-refractivity contribution in [3.8, 4) is 0 Å². The van der Waals surface area contributed by atoms with Crippen LogP contribution in [0.2, 0.25) is 0 Å². The molecule has 1 heterocycles. The van der Waals surface area contributed by atoms with Gasteiger partial charge in [-0.05, 0) is 6.92 Å². The van der Waals surface area contributed by atoms with Crippen LogP contribution >= 0.6 is 0 Å². The molecular weight excluding hydrogens is 136 g/mol. The fourth-order valence-corrected chi connectivity index (χ4v) is 0.667.